The molecule has 196 valence electrons. The van der Waals surface area contributed by atoms with Gasteiger partial charge in [-0.3, -0.25) is 9.80 Å². The lowest BCUT2D eigenvalue weighted by molar-refractivity contribution is -0.104. The molecule has 0 aromatic rings. The van der Waals surface area contributed by atoms with Gasteiger partial charge in [0, 0.05) is 0 Å². The maximum absolute atomic E-state index is 12.1. The highest BCUT2D eigenvalue weighted by Crippen LogP contribution is 2.30. The standard InChI is InChI=1S/2C12H21NO4/c2*1-12(2,3)17-11(15)13-8-4-10(14)5-9(13)7-16-6-8/h2*8-10,14H,4-7H2,1-3H3/t2*8-,9+,10?. The molecule has 0 aromatic heterocycles. The molecule has 0 spiro atoms. The molecule has 4 saturated heterocycles. The lowest BCUT2D eigenvalue weighted by Crippen LogP contribution is -2.60. The summed E-state index contributed by atoms with van der Waals surface area (Å²) in [6.07, 6.45) is 1.09. The van der Waals surface area contributed by atoms with Crippen molar-refractivity contribution in [1.82, 2.24) is 9.80 Å². The van der Waals surface area contributed by atoms with Gasteiger partial charge in [-0.15, -0.1) is 0 Å². The van der Waals surface area contributed by atoms with Crippen LogP contribution in [0.15, 0.2) is 0 Å². The van der Waals surface area contributed by atoms with Gasteiger partial charge in [0.1, 0.15) is 11.2 Å². The molecule has 6 atom stereocenters. The number of carbonyl (C=O) groups excluding carboxylic acids is 2. The van der Waals surface area contributed by atoms with Crippen molar-refractivity contribution in [2.75, 3.05) is 26.4 Å². The van der Waals surface area contributed by atoms with E-state index >= 15 is 0 Å². The summed E-state index contributed by atoms with van der Waals surface area (Å²) in [5.74, 6) is 0. The van der Waals surface area contributed by atoms with Crippen LogP contribution in [0.25, 0.3) is 0 Å². The Morgan fingerprint density at radius 2 is 0.912 bits per heavy atom. The molecule has 4 aliphatic rings. The van der Waals surface area contributed by atoms with Gasteiger partial charge < -0.3 is 29.2 Å². The number of nitrogens with zero attached hydrogens (tertiary/aromatic N) is 2. The number of hydrogen-bond donors (Lipinski definition) is 2. The third kappa shape index (κ3) is 7.19. The SMILES string of the molecule is CC(C)(C)OC(=O)N1[C@@H]2COC[C@H]1CC(O)C2.CC(C)(C)OC(=O)N1[C@@H]2COC[C@H]1CC(O)C2. The number of ether oxygens (including phenoxy) is 4. The first-order chi connectivity index (χ1) is 15.7. The number of carbonyl (C=O) groups is 2. The van der Waals surface area contributed by atoms with Crippen LogP contribution < -0.4 is 0 Å². The van der Waals surface area contributed by atoms with Crippen LogP contribution in [-0.4, -0.2) is 106 Å². The van der Waals surface area contributed by atoms with E-state index in [1.165, 1.54) is 0 Å². The lowest BCUT2D eigenvalue weighted by atomic mass is 9.92. The Morgan fingerprint density at radius 3 is 1.15 bits per heavy atom. The van der Waals surface area contributed by atoms with Gasteiger partial charge in [0.25, 0.3) is 0 Å². The van der Waals surface area contributed by atoms with Crippen LogP contribution in [0.4, 0.5) is 9.59 Å². The Bertz CT molecular complexity index is 631. The zero-order valence-corrected chi connectivity index (χ0v) is 21.4. The largest absolute Gasteiger partial charge is 0.444 e. The minimum absolute atomic E-state index is 0.0488. The average molecular weight is 487 g/mol. The zero-order valence-electron chi connectivity index (χ0n) is 21.4. The van der Waals surface area contributed by atoms with Gasteiger partial charge in [-0.2, -0.15) is 0 Å². The van der Waals surface area contributed by atoms with Gasteiger partial charge in [-0.1, -0.05) is 0 Å². The van der Waals surface area contributed by atoms with Crippen molar-refractivity contribution in [3.63, 3.8) is 0 Å². The van der Waals surface area contributed by atoms with Crippen LogP contribution in [0.1, 0.15) is 67.2 Å². The number of aliphatic hydroxyl groups excluding tert-OH is 2. The fourth-order valence-electron chi connectivity index (χ4n) is 5.00. The Hall–Kier alpha value is -1.62. The van der Waals surface area contributed by atoms with E-state index in [0.717, 1.165) is 0 Å². The molecule has 4 bridgehead atoms. The van der Waals surface area contributed by atoms with Crippen molar-refractivity contribution in [2.45, 2.75) is 115 Å². The van der Waals surface area contributed by atoms with Gasteiger partial charge in [0.2, 0.25) is 0 Å². The average Bonchev–Trinajstić information content (AvgIpc) is 2.64. The predicted octanol–water partition coefficient (Wildman–Crippen LogP) is 2.29. The molecule has 0 radical (unpaired) electrons. The summed E-state index contributed by atoms with van der Waals surface area (Å²) in [7, 11) is 0. The van der Waals surface area contributed by atoms with Crippen molar-refractivity contribution in [3.8, 4) is 0 Å². The molecule has 34 heavy (non-hydrogen) atoms. The second kappa shape index (κ2) is 10.6. The maximum atomic E-state index is 12.1. The smallest absolute Gasteiger partial charge is 0.410 e. The molecule has 0 aliphatic carbocycles. The molecule has 4 aliphatic heterocycles. The molecule has 0 aromatic carbocycles. The van der Waals surface area contributed by atoms with Crippen LogP contribution in [0, 0.1) is 0 Å². The van der Waals surface area contributed by atoms with E-state index in [-0.39, 0.29) is 48.6 Å². The minimum Gasteiger partial charge on any atom is -0.444 e. The Morgan fingerprint density at radius 1 is 0.647 bits per heavy atom. The minimum atomic E-state index is -0.484. The van der Waals surface area contributed by atoms with Crippen molar-refractivity contribution in [3.05, 3.63) is 0 Å². The Labute approximate surface area is 202 Å². The molecule has 10 heteroatoms. The molecular formula is C24H42N2O8. The second-order valence-electron chi connectivity index (χ2n) is 11.7. The number of piperidine rings is 2. The van der Waals surface area contributed by atoms with E-state index in [1.807, 2.05) is 41.5 Å². The fraction of sp³-hybridized carbons (Fsp3) is 0.917. The van der Waals surface area contributed by atoms with Crippen molar-refractivity contribution >= 4 is 12.2 Å². The highest BCUT2D eigenvalue weighted by molar-refractivity contribution is 5.70. The summed E-state index contributed by atoms with van der Waals surface area (Å²) in [6, 6.07) is -0.195. The third-order valence-corrected chi connectivity index (χ3v) is 6.20. The van der Waals surface area contributed by atoms with Crippen LogP contribution in [0.5, 0.6) is 0 Å². The summed E-state index contributed by atoms with van der Waals surface area (Å²) in [4.78, 5) is 27.7. The number of amides is 2. The molecule has 0 saturated carbocycles. The topological polar surface area (TPSA) is 118 Å². The van der Waals surface area contributed by atoms with E-state index in [9.17, 15) is 19.8 Å². The first-order valence-corrected chi connectivity index (χ1v) is 12.3. The molecular weight excluding hydrogens is 444 g/mol. The summed E-state index contributed by atoms with van der Waals surface area (Å²) in [5, 5.41) is 19.4. The van der Waals surface area contributed by atoms with E-state index < -0.39 is 11.2 Å². The van der Waals surface area contributed by atoms with Crippen LogP contribution >= 0.6 is 0 Å². The monoisotopic (exact) mass is 486 g/mol. The molecule has 2 unspecified atom stereocenters. The predicted molar refractivity (Wildman–Crippen MR) is 123 cm³/mol. The van der Waals surface area contributed by atoms with E-state index in [1.54, 1.807) is 9.80 Å². The van der Waals surface area contributed by atoms with Crippen molar-refractivity contribution in [1.29, 1.82) is 0 Å². The van der Waals surface area contributed by atoms with Crippen molar-refractivity contribution in [2.24, 2.45) is 0 Å². The highest BCUT2D eigenvalue weighted by atomic mass is 16.6. The van der Waals surface area contributed by atoms with Crippen molar-refractivity contribution < 1.29 is 38.7 Å². The number of morpholine rings is 2. The number of aliphatic hydroxyl groups is 2. The molecule has 10 nitrogen and oxygen atoms in total. The number of rotatable bonds is 0. The summed E-state index contributed by atoms with van der Waals surface area (Å²) in [6.45, 7) is 13.1. The normalized spacial score (nSPS) is 33.4. The fourth-order valence-corrected chi connectivity index (χ4v) is 5.00. The first-order valence-electron chi connectivity index (χ1n) is 12.3. The Balaban J connectivity index is 0.000000191. The Kier molecular flexibility index (Phi) is 8.38. The number of fused-ring (bicyclic) bond motifs is 4. The molecule has 4 rings (SSSR count). The zero-order chi connectivity index (χ0) is 25.3. The maximum Gasteiger partial charge on any atom is 0.410 e. The van der Waals surface area contributed by atoms with E-state index in [2.05, 4.69) is 0 Å². The van der Waals surface area contributed by atoms with Gasteiger partial charge in [0.05, 0.1) is 62.8 Å². The number of hydrogen-bond acceptors (Lipinski definition) is 8. The molecule has 2 amide bonds. The first kappa shape index (κ1) is 27.0. The molecule has 2 N–H and O–H groups in total. The van der Waals surface area contributed by atoms with E-state index in [0.29, 0.717) is 52.1 Å². The van der Waals surface area contributed by atoms with Gasteiger partial charge in [-0.25, -0.2) is 9.59 Å². The summed E-state index contributed by atoms with van der Waals surface area (Å²) >= 11 is 0. The van der Waals surface area contributed by atoms with Crippen LogP contribution in [0.2, 0.25) is 0 Å². The molecule has 4 heterocycles. The molecule has 4 fully saturated rings. The van der Waals surface area contributed by atoms with Gasteiger partial charge in [0.15, 0.2) is 0 Å². The lowest BCUT2D eigenvalue weighted by Gasteiger charge is -2.47. The van der Waals surface area contributed by atoms with Crippen LogP contribution in [0.3, 0.4) is 0 Å². The second-order valence-corrected chi connectivity index (χ2v) is 11.7. The summed E-state index contributed by atoms with van der Waals surface area (Å²) in [5.41, 5.74) is -0.968. The third-order valence-electron chi connectivity index (χ3n) is 6.20. The quantitative estimate of drug-likeness (QED) is 0.536. The summed E-state index contributed by atoms with van der Waals surface area (Å²) < 4.78 is 21.7. The van der Waals surface area contributed by atoms with Crippen LogP contribution in [-0.2, 0) is 18.9 Å². The van der Waals surface area contributed by atoms with Gasteiger partial charge in [-0.05, 0) is 67.2 Å². The van der Waals surface area contributed by atoms with E-state index in [4.69, 9.17) is 18.9 Å². The highest BCUT2D eigenvalue weighted by Gasteiger charge is 2.44. The van der Waals surface area contributed by atoms with Gasteiger partial charge >= 0.3 is 12.2 Å².